The zero-order valence-electron chi connectivity index (χ0n) is 13.5. The van der Waals surface area contributed by atoms with Gasteiger partial charge in [0.05, 0.1) is 0 Å². The fraction of sp³-hybridized carbons (Fsp3) is 0.667. The first-order valence-electron chi connectivity index (χ1n) is 8.29. The van der Waals surface area contributed by atoms with Gasteiger partial charge in [-0.2, -0.15) is 0 Å². The van der Waals surface area contributed by atoms with Crippen LogP contribution in [0.25, 0.3) is 0 Å². The average molecular weight is 274 g/mol. The summed E-state index contributed by atoms with van der Waals surface area (Å²) in [5.74, 6) is 0.740. The Morgan fingerprint density at radius 2 is 2.00 bits per heavy atom. The van der Waals surface area contributed by atoms with Crippen molar-refractivity contribution >= 4 is 5.69 Å². The molecular formula is C18H30N2. The van der Waals surface area contributed by atoms with Crippen LogP contribution in [0.15, 0.2) is 24.3 Å². The molecule has 1 aliphatic heterocycles. The van der Waals surface area contributed by atoms with Crippen LogP contribution in [0.2, 0.25) is 0 Å². The summed E-state index contributed by atoms with van der Waals surface area (Å²) in [7, 11) is 0. The van der Waals surface area contributed by atoms with Crippen molar-refractivity contribution in [1.82, 2.24) is 5.32 Å². The third kappa shape index (κ3) is 3.17. The molecule has 1 N–H and O–H groups in total. The van der Waals surface area contributed by atoms with Crippen molar-refractivity contribution in [2.75, 3.05) is 18.0 Å². The molecule has 0 bridgehead atoms. The minimum absolute atomic E-state index is 0.618. The first kappa shape index (κ1) is 15.4. The molecule has 1 saturated heterocycles. The summed E-state index contributed by atoms with van der Waals surface area (Å²) in [5, 5.41) is 3.77. The molecule has 0 radical (unpaired) electrons. The molecule has 20 heavy (non-hydrogen) atoms. The molecule has 2 nitrogen and oxygen atoms in total. The van der Waals surface area contributed by atoms with Crippen LogP contribution in [0.5, 0.6) is 0 Å². The molecular weight excluding hydrogens is 244 g/mol. The van der Waals surface area contributed by atoms with E-state index in [1.807, 2.05) is 0 Å². The van der Waals surface area contributed by atoms with Crippen LogP contribution >= 0.6 is 0 Å². The van der Waals surface area contributed by atoms with Crippen molar-refractivity contribution in [3.63, 3.8) is 0 Å². The summed E-state index contributed by atoms with van der Waals surface area (Å²) in [6, 6.07) is 10.2. The highest BCUT2D eigenvalue weighted by Gasteiger charge is 2.29. The average Bonchev–Trinajstić information content (AvgIpc) is 2.53. The summed E-state index contributed by atoms with van der Waals surface area (Å²) in [6.07, 6.45) is 3.57. The summed E-state index contributed by atoms with van der Waals surface area (Å²) in [6.45, 7) is 11.5. The Labute approximate surface area is 124 Å². The largest absolute Gasteiger partial charge is 0.365 e. The van der Waals surface area contributed by atoms with E-state index >= 15 is 0 Å². The van der Waals surface area contributed by atoms with Gasteiger partial charge in [0.1, 0.15) is 0 Å². The van der Waals surface area contributed by atoms with Gasteiger partial charge in [-0.1, -0.05) is 52.3 Å². The van der Waals surface area contributed by atoms with Crippen molar-refractivity contribution < 1.29 is 0 Å². The fourth-order valence-electron chi connectivity index (χ4n) is 3.24. The second-order valence-corrected chi connectivity index (χ2v) is 6.10. The number of hydrogen-bond acceptors (Lipinski definition) is 2. The van der Waals surface area contributed by atoms with E-state index in [9.17, 15) is 0 Å². The first-order chi connectivity index (χ1) is 9.71. The van der Waals surface area contributed by atoms with Gasteiger partial charge in [-0.25, -0.2) is 0 Å². The maximum absolute atomic E-state index is 3.77. The van der Waals surface area contributed by atoms with E-state index in [1.54, 1.807) is 0 Å². The van der Waals surface area contributed by atoms with E-state index < -0.39 is 0 Å². The van der Waals surface area contributed by atoms with Crippen molar-refractivity contribution in [1.29, 1.82) is 0 Å². The number of piperazine rings is 1. The zero-order chi connectivity index (χ0) is 14.5. The number of aryl methyl sites for hydroxylation is 1. The Balaban J connectivity index is 2.24. The topological polar surface area (TPSA) is 15.3 Å². The van der Waals surface area contributed by atoms with Crippen molar-refractivity contribution in [3.05, 3.63) is 29.8 Å². The second kappa shape index (κ2) is 7.12. The third-order valence-corrected chi connectivity index (χ3v) is 4.93. The normalized spacial score (nSPS) is 24.7. The molecule has 1 aliphatic rings. The van der Waals surface area contributed by atoms with Gasteiger partial charge in [0.15, 0.2) is 0 Å². The number of benzene rings is 1. The van der Waals surface area contributed by atoms with Crippen molar-refractivity contribution in [3.8, 4) is 0 Å². The number of rotatable bonds is 5. The number of para-hydroxylation sites is 1. The Morgan fingerprint density at radius 3 is 2.65 bits per heavy atom. The second-order valence-electron chi connectivity index (χ2n) is 6.10. The Hall–Kier alpha value is -1.02. The predicted octanol–water partition coefficient (Wildman–Crippen LogP) is 3.85. The van der Waals surface area contributed by atoms with Crippen LogP contribution in [0, 0.1) is 5.92 Å². The van der Waals surface area contributed by atoms with Gasteiger partial charge in [-0.05, 0) is 30.4 Å². The summed E-state index contributed by atoms with van der Waals surface area (Å²) >= 11 is 0. The molecule has 0 aliphatic carbocycles. The third-order valence-electron chi connectivity index (χ3n) is 4.93. The first-order valence-corrected chi connectivity index (χ1v) is 8.29. The Morgan fingerprint density at radius 1 is 1.25 bits per heavy atom. The van der Waals surface area contributed by atoms with Crippen LogP contribution in [-0.2, 0) is 6.42 Å². The van der Waals surface area contributed by atoms with Crippen molar-refractivity contribution in [2.24, 2.45) is 5.92 Å². The lowest BCUT2D eigenvalue weighted by molar-refractivity contribution is 0.306. The molecule has 2 heteroatoms. The van der Waals surface area contributed by atoms with Crippen LogP contribution in [0.1, 0.15) is 46.1 Å². The van der Waals surface area contributed by atoms with Crippen LogP contribution in [-0.4, -0.2) is 25.2 Å². The van der Waals surface area contributed by atoms with Gasteiger partial charge in [-0.3, -0.25) is 0 Å². The van der Waals surface area contributed by atoms with Gasteiger partial charge in [-0.15, -0.1) is 0 Å². The SMILES string of the molecule is CCc1ccccc1N1CC(C(C)CC)NCC1CC. The molecule has 1 fully saturated rings. The highest BCUT2D eigenvalue weighted by atomic mass is 15.2. The van der Waals surface area contributed by atoms with E-state index in [0.29, 0.717) is 12.1 Å². The van der Waals surface area contributed by atoms with E-state index in [4.69, 9.17) is 0 Å². The molecule has 1 heterocycles. The number of nitrogens with one attached hydrogen (secondary N) is 1. The number of hydrogen-bond donors (Lipinski definition) is 1. The number of anilines is 1. The molecule has 112 valence electrons. The summed E-state index contributed by atoms with van der Waals surface area (Å²) < 4.78 is 0. The highest BCUT2D eigenvalue weighted by Crippen LogP contribution is 2.27. The highest BCUT2D eigenvalue weighted by molar-refractivity contribution is 5.55. The lowest BCUT2D eigenvalue weighted by atomic mass is 9.93. The molecule has 0 spiro atoms. The molecule has 1 aromatic rings. The van der Waals surface area contributed by atoms with Gasteiger partial charge in [0.2, 0.25) is 0 Å². The minimum Gasteiger partial charge on any atom is -0.365 e. The number of nitrogens with zero attached hydrogens (tertiary/aromatic N) is 1. The van der Waals surface area contributed by atoms with E-state index in [-0.39, 0.29) is 0 Å². The van der Waals surface area contributed by atoms with Gasteiger partial charge in [0, 0.05) is 30.9 Å². The quantitative estimate of drug-likeness (QED) is 0.877. The lowest BCUT2D eigenvalue weighted by Gasteiger charge is -2.44. The molecule has 0 saturated carbocycles. The lowest BCUT2D eigenvalue weighted by Crippen LogP contribution is -2.58. The molecule has 3 unspecified atom stereocenters. The van der Waals surface area contributed by atoms with E-state index in [2.05, 4.69) is 62.2 Å². The van der Waals surface area contributed by atoms with Gasteiger partial charge >= 0.3 is 0 Å². The maximum atomic E-state index is 3.77. The molecule has 0 amide bonds. The maximum Gasteiger partial charge on any atom is 0.0412 e. The van der Waals surface area contributed by atoms with Crippen molar-refractivity contribution in [2.45, 2.75) is 59.0 Å². The fourth-order valence-corrected chi connectivity index (χ4v) is 3.24. The van der Waals surface area contributed by atoms with Gasteiger partial charge in [0.25, 0.3) is 0 Å². The molecule has 1 aromatic carbocycles. The van der Waals surface area contributed by atoms with Gasteiger partial charge < -0.3 is 10.2 Å². The monoisotopic (exact) mass is 274 g/mol. The Kier molecular flexibility index (Phi) is 5.47. The standard InChI is InChI=1S/C18H30N2/c1-5-14(4)17-13-20(16(7-3)12-19-17)18-11-9-8-10-15(18)6-2/h8-11,14,16-17,19H,5-7,12-13H2,1-4H3. The van der Waals surface area contributed by atoms with Crippen LogP contribution in [0.4, 0.5) is 5.69 Å². The Bertz CT molecular complexity index is 416. The summed E-state index contributed by atoms with van der Waals surface area (Å²) in [4.78, 5) is 2.66. The molecule has 0 aromatic heterocycles. The van der Waals surface area contributed by atoms with Crippen LogP contribution in [0.3, 0.4) is 0 Å². The van der Waals surface area contributed by atoms with E-state index in [1.165, 1.54) is 24.1 Å². The molecule has 3 atom stereocenters. The zero-order valence-corrected chi connectivity index (χ0v) is 13.5. The summed E-state index contributed by atoms with van der Waals surface area (Å²) in [5.41, 5.74) is 2.94. The predicted molar refractivity (Wildman–Crippen MR) is 88.5 cm³/mol. The van der Waals surface area contributed by atoms with Crippen LogP contribution < -0.4 is 10.2 Å². The van der Waals surface area contributed by atoms with E-state index in [0.717, 1.165) is 25.4 Å². The smallest absolute Gasteiger partial charge is 0.0412 e. The molecule has 2 rings (SSSR count). The minimum atomic E-state index is 0.618.